The van der Waals surface area contributed by atoms with Gasteiger partial charge in [-0.05, 0) is 12.5 Å². The zero-order chi connectivity index (χ0) is 9.97. The summed E-state index contributed by atoms with van der Waals surface area (Å²) in [5, 5.41) is 2.70. The van der Waals surface area contributed by atoms with Gasteiger partial charge in [0.05, 0.1) is 11.2 Å². The van der Waals surface area contributed by atoms with Gasteiger partial charge < -0.3 is 0 Å². The molecule has 0 unspecified atom stereocenters. The van der Waals surface area contributed by atoms with Gasteiger partial charge in [-0.25, -0.2) is 15.0 Å². The number of alkyl halides is 1. The van der Waals surface area contributed by atoms with Crippen molar-refractivity contribution in [2.45, 2.75) is 12.3 Å². The van der Waals surface area contributed by atoms with E-state index in [4.69, 9.17) is 0 Å². The van der Waals surface area contributed by atoms with Crippen LogP contribution in [0.2, 0.25) is 0 Å². The summed E-state index contributed by atoms with van der Waals surface area (Å²) in [5.74, 6) is 0.700. The third-order valence-corrected chi connectivity index (χ3v) is 2.98. The van der Waals surface area contributed by atoms with E-state index in [2.05, 4.69) is 30.9 Å². The maximum Gasteiger partial charge on any atom is 0.179 e. The third-order valence-electron chi connectivity index (χ3n) is 1.86. The molecule has 0 aromatic carbocycles. The smallest absolute Gasteiger partial charge is 0.179 e. The van der Waals surface area contributed by atoms with Crippen molar-refractivity contribution in [3.8, 4) is 11.5 Å². The first-order valence-electron chi connectivity index (χ1n) is 4.08. The molecule has 0 aliphatic heterocycles. The normalized spacial score (nSPS) is 10.4. The maximum atomic E-state index is 4.42. The third kappa shape index (κ3) is 1.83. The Bertz CT molecular complexity index is 428. The molecule has 2 aromatic heterocycles. The van der Waals surface area contributed by atoms with Gasteiger partial charge in [-0.15, -0.1) is 11.3 Å². The van der Waals surface area contributed by atoms with Gasteiger partial charge >= 0.3 is 0 Å². The van der Waals surface area contributed by atoms with Crippen molar-refractivity contribution in [1.29, 1.82) is 0 Å². The van der Waals surface area contributed by atoms with Crippen LogP contribution in [0.4, 0.5) is 0 Å². The zero-order valence-corrected chi connectivity index (χ0v) is 9.97. The lowest BCUT2D eigenvalue weighted by Gasteiger charge is -2.01. The second-order valence-electron chi connectivity index (χ2n) is 2.83. The minimum absolute atomic E-state index is 0.700. The highest BCUT2D eigenvalue weighted by atomic mass is 79.9. The van der Waals surface area contributed by atoms with Crippen LogP contribution in [0.3, 0.4) is 0 Å². The van der Waals surface area contributed by atoms with Gasteiger partial charge in [0.1, 0.15) is 5.69 Å². The largest absolute Gasteiger partial charge is 0.241 e. The van der Waals surface area contributed by atoms with Gasteiger partial charge in [0.15, 0.2) is 5.82 Å². The molecule has 0 amide bonds. The molecule has 2 rings (SSSR count). The van der Waals surface area contributed by atoms with E-state index >= 15 is 0 Å². The zero-order valence-electron chi connectivity index (χ0n) is 7.57. The fourth-order valence-electron chi connectivity index (χ4n) is 1.06. The highest BCUT2D eigenvalue weighted by molar-refractivity contribution is 9.08. The van der Waals surface area contributed by atoms with E-state index in [1.54, 1.807) is 16.8 Å². The quantitative estimate of drug-likeness (QED) is 0.787. The minimum atomic E-state index is 0.700. The number of aryl methyl sites for hydroxylation is 1. The fourth-order valence-corrected chi connectivity index (χ4v) is 2.16. The molecule has 0 bridgehead atoms. The number of halogens is 1. The molecule has 0 aliphatic rings. The lowest BCUT2D eigenvalue weighted by molar-refractivity contribution is 1.05. The Hall–Kier alpha value is -0.810. The van der Waals surface area contributed by atoms with Crippen LogP contribution >= 0.6 is 27.3 Å². The number of aromatic nitrogens is 3. The Morgan fingerprint density at radius 1 is 1.43 bits per heavy atom. The second-order valence-corrected chi connectivity index (χ2v) is 4.11. The van der Waals surface area contributed by atoms with E-state index in [0.717, 1.165) is 22.3 Å². The number of hydrogen-bond donors (Lipinski definition) is 0. The molecule has 0 saturated carbocycles. The van der Waals surface area contributed by atoms with E-state index in [0.29, 0.717) is 5.82 Å². The molecule has 0 N–H and O–H groups in total. The van der Waals surface area contributed by atoms with Gasteiger partial charge in [-0.3, -0.25) is 0 Å². The number of thiazole rings is 1. The Morgan fingerprint density at radius 3 is 2.93 bits per heavy atom. The molecule has 2 heterocycles. The second kappa shape index (κ2) is 4.14. The molecular weight excluding hydrogens is 262 g/mol. The summed E-state index contributed by atoms with van der Waals surface area (Å²) in [6.07, 6.45) is 1.83. The Morgan fingerprint density at radius 2 is 2.29 bits per heavy atom. The van der Waals surface area contributed by atoms with Gasteiger partial charge in [0.2, 0.25) is 0 Å². The van der Waals surface area contributed by atoms with E-state index in [9.17, 15) is 0 Å². The summed E-state index contributed by atoms with van der Waals surface area (Å²) in [7, 11) is 0. The molecule has 0 radical (unpaired) electrons. The standard InChI is InChI=1S/C9H8BrN3S/c1-6-3-11-9(13-7(6)2-10)8-4-14-5-12-8/h3-5H,2H2,1H3. The van der Waals surface area contributed by atoms with E-state index < -0.39 is 0 Å². The summed E-state index contributed by atoms with van der Waals surface area (Å²) < 4.78 is 0. The van der Waals surface area contributed by atoms with Crippen LogP contribution in [0.15, 0.2) is 17.1 Å². The first-order chi connectivity index (χ1) is 6.81. The Kier molecular flexibility index (Phi) is 2.88. The molecule has 0 saturated heterocycles. The van der Waals surface area contributed by atoms with Crippen molar-refractivity contribution in [1.82, 2.24) is 15.0 Å². The van der Waals surface area contributed by atoms with Gasteiger partial charge in [0.25, 0.3) is 0 Å². The molecule has 0 spiro atoms. The molecule has 72 valence electrons. The molecule has 0 aliphatic carbocycles. The highest BCUT2D eigenvalue weighted by Gasteiger charge is 2.06. The van der Waals surface area contributed by atoms with Crippen LogP contribution < -0.4 is 0 Å². The van der Waals surface area contributed by atoms with Crippen molar-refractivity contribution in [3.05, 3.63) is 28.3 Å². The van der Waals surface area contributed by atoms with E-state index in [1.165, 1.54) is 0 Å². The van der Waals surface area contributed by atoms with Crippen molar-refractivity contribution in [2.75, 3.05) is 0 Å². The van der Waals surface area contributed by atoms with Crippen molar-refractivity contribution >= 4 is 27.3 Å². The van der Waals surface area contributed by atoms with Crippen molar-refractivity contribution in [2.24, 2.45) is 0 Å². The summed E-state index contributed by atoms with van der Waals surface area (Å²) >= 11 is 4.95. The molecule has 14 heavy (non-hydrogen) atoms. The van der Waals surface area contributed by atoms with Crippen LogP contribution in [0.25, 0.3) is 11.5 Å². The average molecular weight is 270 g/mol. The molecular formula is C9H8BrN3S. The molecule has 3 nitrogen and oxygen atoms in total. The van der Waals surface area contributed by atoms with Crippen LogP contribution in [0, 0.1) is 6.92 Å². The first-order valence-corrected chi connectivity index (χ1v) is 6.14. The van der Waals surface area contributed by atoms with Crippen LogP contribution in [0.1, 0.15) is 11.3 Å². The van der Waals surface area contributed by atoms with Gasteiger partial charge in [-0.1, -0.05) is 15.9 Å². The SMILES string of the molecule is Cc1cnc(-c2cscn2)nc1CBr. The fraction of sp³-hybridized carbons (Fsp3) is 0.222. The van der Waals surface area contributed by atoms with E-state index in [1.807, 2.05) is 18.5 Å². The van der Waals surface area contributed by atoms with Crippen LogP contribution in [-0.4, -0.2) is 15.0 Å². The highest BCUT2D eigenvalue weighted by Crippen LogP contribution is 2.16. The lowest BCUT2D eigenvalue weighted by atomic mass is 10.3. The van der Waals surface area contributed by atoms with Crippen molar-refractivity contribution in [3.63, 3.8) is 0 Å². The minimum Gasteiger partial charge on any atom is -0.241 e. The molecule has 5 heteroatoms. The van der Waals surface area contributed by atoms with Crippen LogP contribution in [-0.2, 0) is 5.33 Å². The molecule has 2 aromatic rings. The Labute approximate surface area is 94.4 Å². The summed E-state index contributed by atoms with van der Waals surface area (Å²) in [6.45, 7) is 2.00. The predicted octanol–water partition coefficient (Wildman–Crippen LogP) is 2.80. The van der Waals surface area contributed by atoms with E-state index in [-0.39, 0.29) is 0 Å². The van der Waals surface area contributed by atoms with Gasteiger partial charge in [-0.2, -0.15) is 0 Å². The number of rotatable bonds is 2. The molecule has 0 atom stereocenters. The molecule has 0 fully saturated rings. The number of hydrogen-bond acceptors (Lipinski definition) is 4. The lowest BCUT2D eigenvalue weighted by Crippen LogP contribution is -1.96. The summed E-state index contributed by atoms with van der Waals surface area (Å²) in [4.78, 5) is 12.8. The van der Waals surface area contributed by atoms with Crippen LogP contribution in [0.5, 0.6) is 0 Å². The summed E-state index contributed by atoms with van der Waals surface area (Å²) in [5.41, 5.74) is 4.74. The predicted molar refractivity (Wildman–Crippen MR) is 60.5 cm³/mol. The Balaban J connectivity index is 2.46. The van der Waals surface area contributed by atoms with Crippen molar-refractivity contribution < 1.29 is 0 Å². The summed E-state index contributed by atoms with van der Waals surface area (Å²) in [6, 6.07) is 0. The van der Waals surface area contributed by atoms with Gasteiger partial charge in [0, 0.05) is 16.9 Å². The average Bonchev–Trinajstić information content (AvgIpc) is 2.71. The monoisotopic (exact) mass is 269 g/mol. The first kappa shape index (κ1) is 9.73. The number of nitrogens with zero attached hydrogens (tertiary/aromatic N) is 3. The maximum absolute atomic E-state index is 4.42. The topological polar surface area (TPSA) is 38.7 Å².